The van der Waals surface area contributed by atoms with Crippen LogP contribution in [-0.2, 0) is 4.79 Å². The molecule has 0 fully saturated rings. The summed E-state index contributed by atoms with van der Waals surface area (Å²) in [7, 11) is 0. The Bertz CT molecular complexity index is 880. The highest BCUT2D eigenvalue weighted by Crippen LogP contribution is 2.32. The van der Waals surface area contributed by atoms with Crippen LogP contribution in [0.2, 0.25) is 10.0 Å². The lowest BCUT2D eigenvalue weighted by molar-refractivity contribution is -0.678. The molecule has 3 N–H and O–H groups in total. The summed E-state index contributed by atoms with van der Waals surface area (Å²) in [5.74, 6) is 0.600. The van der Waals surface area contributed by atoms with Crippen molar-refractivity contribution in [3.63, 3.8) is 0 Å². The van der Waals surface area contributed by atoms with Crippen LogP contribution in [0.25, 0.3) is 0 Å². The van der Waals surface area contributed by atoms with E-state index in [2.05, 4.69) is 5.32 Å². The van der Waals surface area contributed by atoms with Gasteiger partial charge in [0.05, 0.1) is 22.0 Å². The minimum Gasteiger partial charge on any atom is -0.463 e. The summed E-state index contributed by atoms with van der Waals surface area (Å²) < 4.78 is 5.55. The van der Waals surface area contributed by atoms with E-state index in [1.807, 2.05) is 60.8 Å². The predicted octanol–water partition coefficient (Wildman–Crippen LogP) is 4.19. The molecule has 0 unspecified atom stereocenters. The first-order chi connectivity index (χ1) is 12.6. The van der Waals surface area contributed by atoms with E-state index in [0.717, 1.165) is 16.9 Å². The van der Waals surface area contributed by atoms with E-state index in [0.29, 0.717) is 15.7 Å². The van der Waals surface area contributed by atoms with E-state index < -0.39 is 0 Å². The number of quaternary nitrogens is 1. The SMILES string of the molecule is Cc1ccc(Cl)c(NC(=O)C[NH2+][C@H](c2ccccc2)c2ccco2)c1Cl. The van der Waals surface area contributed by atoms with E-state index in [-0.39, 0.29) is 18.5 Å². The topological polar surface area (TPSA) is 58.9 Å². The molecule has 4 nitrogen and oxygen atoms in total. The van der Waals surface area contributed by atoms with Crippen LogP contribution in [0.4, 0.5) is 5.69 Å². The number of rotatable bonds is 6. The van der Waals surface area contributed by atoms with Gasteiger partial charge >= 0.3 is 0 Å². The molecule has 3 aromatic rings. The molecule has 0 saturated carbocycles. The van der Waals surface area contributed by atoms with Gasteiger partial charge in [0.2, 0.25) is 0 Å². The monoisotopic (exact) mass is 389 g/mol. The van der Waals surface area contributed by atoms with Crippen molar-refractivity contribution in [3.05, 3.63) is 87.8 Å². The fraction of sp³-hybridized carbons (Fsp3) is 0.150. The van der Waals surface area contributed by atoms with Crippen molar-refractivity contribution in [2.24, 2.45) is 0 Å². The Balaban J connectivity index is 1.72. The van der Waals surface area contributed by atoms with Gasteiger partial charge in [-0.2, -0.15) is 0 Å². The molecule has 1 aromatic heterocycles. The van der Waals surface area contributed by atoms with Gasteiger partial charge in [-0.1, -0.05) is 59.6 Å². The Morgan fingerprint density at radius 2 is 1.88 bits per heavy atom. The zero-order valence-corrected chi connectivity index (χ0v) is 15.7. The maximum absolute atomic E-state index is 12.4. The summed E-state index contributed by atoms with van der Waals surface area (Å²) >= 11 is 12.4. The average molecular weight is 390 g/mol. The van der Waals surface area contributed by atoms with Gasteiger partial charge in [0.25, 0.3) is 5.91 Å². The molecule has 1 amide bonds. The molecule has 0 saturated heterocycles. The highest BCUT2D eigenvalue weighted by Gasteiger charge is 2.22. The van der Waals surface area contributed by atoms with Crippen molar-refractivity contribution in [3.8, 4) is 0 Å². The standard InChI is InChI=1S/C20H18Cl2N2O2/c1-13-9-10-15(21)20(18(13)22)24-17(25)12-23-19(16-8-5-11-26-16)14-6-3-2-4-7-14/h2-11,19,23H,12H2,1H3,(H,24,25)/p+1/t19-/m1/s1. The molecule has 0 aliphatic rings. The predicted molar refractivity (Wildman–Crippen MR) is 104 cm³/mol. The fourth-order valence-corrected chi connectivity index (χ4v) is 3.20. The summed E-state index contributed by atoms with van der Waals surface area (Å²) in [5.41, 5.74) is 2.36. The van der Waals surface area contributed by atoms with Gasteiger partial charge < -0.3 is 15.1 Å². The quantitative estimate of drug-likeness (QED) is 0.663. The Kier molecular flexibility index (Phi) is 5.99. The summed E-state index contributed by atoms with van der Waals surface area (Å²) in [6.07, 6.45) is 1.63. The second-order valence-corrected chi connectivity index (χ2v) is 6.73. The summed E-state index contributed by atoms with van der Waals surface area (Å²) in [6, 6.07) is 17.1. The van der Waals surface area contributed by atoms with Gasteiger partial charge in [-0.15, -0.1) is 0 Å². The Hall–Kier alpha value is -2.27. The Labute approximate surface area is 162 Å². The third-order valence-corrected chi connectivity index (χ3v) is 4.90. The van der Waals surface area contributed by atoms with E-state index in [1.54, 1.807) is 12.3 Å². The molecule has 134 valence electrons. The van der Waals surface area contributed by atoms with Crippen molar-refractivity contribution < 1.29 is 14.5 Å². The molecule has 0 radical (unpaired) electrons. The zero-order valence-electron chi connectivity index (χ0n) is 14.2. The molecule has 0 spiro atoms. The smallest absolute Gasteiger partial charge is 0.279 e. The zero-order chi connectivity index (χ0) is 18.5. The first kappa shape index (κ1) is 18.5. The number of amides is 1. The van der Waals surface area contributed by atoms with Crippen LogP contribution in [0, 0.1) is 6.92 Å². The van der Waals surface area contributed by atoms with Gasteiger partial charge in [0, 0.05) is 5.56 Å². The average Bonchev–Trinajstić information content (AvgIpc) is 3.17. The van der Waals surface area contributed by atoms with Crippen molar-refractivity contribution in [2.45, 2.75) is 13.0 Å². The molecule has 3 rings (SSSR count). The number of aryl methyl sites for hydroxylation is 1. The first-order valence-electron chi connectivity index (χ1n) is 8.22. The van der Waals surface area contributed by atoms with E-state index in [9.17, 15) is 4.79 Å². The van der Waals surface area contributed by atoms with Crippen LogP contribution >= 0.6 is 23.2 Å². The third kappa shape index (κ3) is 4.28. The van der Waals surface area contributed by atoms with Crippen molar-refractivity contribution in [1.82, 2.24) is 0 Å². The Morgan fingerprint density at radius 3 is 2.58 bits per heavy atom. The number of carbonyl (C=O) groups is 1. The number of hydrogen-bond acceptors (Lipinski definition) is 2. The van der Waals surface area contributed by atoms with Gasteiger partial charge in [-0.3, -0.25) is 4.79 Å². The van der Waals surface area contributed by atoms with Crippen LogP contribution < -0.4 is 10.6 Å². The molecular weight excluding hydrogens is 371 g/mol. The summed E-state index contributed by atoms with van der Waals surface area (Å²) in [5, 5.41) is 5.60. The minimum absolute atomic E-state index is 0.111. The molecule has 0 aliphatic heterocycles. The molecule has 0 bridgehead atoms. The highest BCUT2D eigenvalue weighted by atomic mass is 35.5. The lowest BCUT2D eigenvalue weighted by Crippen LogP contribution is -2.87. The maximum Gasteiger partial charge on any atom is 0.279 e. The number of furan rings is 1. The minimum atomic E-state index is -0.188. The molecule has 1 heterocycles. The maximum atomic E-state index is 12.4. The molecule has 6 heteroatoms. The van der Waals surface area contributed by atoms with Crippen LogP contribution in [-0.4, -0.2) is 12.5 Å². The largest absolute Gasteiger partial charge is 0.463 e. The van der Waals surface area contributed by atoms with Gasteiger partial charge in [-0.05, 0) is 30.7 Å². The number of carbonyl (C=O) groups excluding carboxylic acids is 1. The van der Waals surface area contributed by atoms with E-state index >= 15 is 0 Å². The molecule has 0 aliphatic carbocycles. The highest BCUT2D eigenvalue weighted by molar-refractivity contribution is 6.40. The Morgan fingerprint density at radius 1 is 1.12 bits per heavy atom. The lowest BCUT2D eigenvalue weighted by atomic mass is 10.0. The third-order valence-electron chi connectivity index (χ3n) is 4.10. The number of hydrogen-bond donors (Lipinski definition) is 2. The molecular formula is C20H19Cl2N2O2+. The molecule has 26 heavy (non-hydrogen) atoms. The van der Waals surface area contributed by atoms with Gasteiger partial charge in [-0.25, -0.2) is 0 Å². The van der Waals surface area contributed by atoms with Gasteiger partial charge in [0.15, 0.2) is 18.3 Å². The van der Waals surface area contributed by atoms with E-state index in [4.69, 9.17) is 27.6 Å². The summed E-state index contributed by atoms with van der Waals surface area (Å²) in [6.45, 7) is 2.06. The molecule has 1 atom stereocenters. The summed E-state index contributed by atoms with van der Waals surface area (Å²) in [4.78, 5) is 12.4. The second-order valence-electron chi connectivity index (χ2n) is 5.95. The van der Waals surface area contributed by atoms with Crippen LogP contribution in [0.3, 0.4) is 0 Å². The first-order valence-corrected chi connectivity index (χ1v) is 8.98. The van der Waals surface area contributed by atoms with Crippen molar-refractivity contribution in [1.29, 1.82) is 0 Å². The van der Waals surface area contributed by atoms with Gasteiger partial charge in [0.1, 0.15) is 0 Å². The number of benzene rings is 2. The second kappa shape index (κ2) is 8.41. The van der Waals surface area contributed by atoms with Crippen LogP contribution in [0.5, 0.6) is 0 Å². The van der Waals surface area contributed by atoms with Crippen LogP contribution in [0.1, 0.15) is 22.9 Å². The van der Waals surface area contributed by atoms with E-state index in [1.165, 1.54) is 0 Å². The number of nitrogens with one attached hydrogen (secondary N) is 1. The molecule has 2 aromatic carbocycles. The number of halogens is 2. The lowest BCUT2D eigenvalue weighted by Gasteiger charge is -2.15. The number of anilines is 1. The normalized spacial score (nSPS) is 12.0. The number of nitrogens with two attached hydrogens (primary N) is 1. The fourth-order valence-electron chi connectivity index (χ4n) is 2.73. The van der Waals surface area contributed by atoms with Crippen molar-refractivity contribution >= 4 is 34.8 Å². The van der Waals surface area contributed by atoms with Crippen molar-refractivity contribution in [2.75, 3.05) is 11.9 Å². The van der Waals surface area contributed by atoms with Crippen LogP contribution in [0.15, 0.2) is 65.3 Å².